The fraction of sp³-hybridized carbons (Fsp3) is 0.333. The Morgan fingerprint density at radius 1 is 1.21 bits per heavy atom. The van der Waals surface area contributed by atoms with Crippen molar-refractivity contribution in [3.05, 3.63) is 64.2 Å². The summed E-state index contributed by atoms with van der Waals surface area (Å²) in [5, 5.41) is 14.8. The summed E-state index contributed by atoms with van der Waals surface area (Å²) < 4.78 is 8.93. The van der Waals surface area contributed by atoms with Crippen LogP contribution in [-0.2, 0) is 26.1 Å². The second kappa shape index (κ2) is 6.87. The predicted octanol–water partition coefficient (Wildman–Crippen LogP) is 5.11. The Bertz CT molecular complexity index is 1220. The Labute approximate surface area is 174 Å². The van der Waals surface area contributed by atoms with Crippen LogP contribution in [0.3, 0.4) is 0 Å². The summed E-state index contributed by atoms with van der Waals surface area (Å²) in [6.07, 6.45) is 2.08. The first kappa shape index (κ1) is 18.7. The van der Waals surface area contributed by atoms with Gasteiger partial charge < -0.3 is 14.4 Å². The SMILES string of the molecule is C.COc1ccc2c(c1)c1c(n2CO)CN2CCc3cc4ccsc4cc3C2C1. The van der Waals surface area contributed by atoms with Crippen molar-refractivity contribution < 1.29 is 9.84 Å². The Hall–Kier alpha value is -2.34. The number of aromatic nitrogens is 1. The van der Waals surface area contributed by atoms with Crippen LogP contribution < -0.4 is 4.74 Å². The molecule has 2 aliphatic rings. The van der Waals surface area contributed by atoms with Gasteiger partial charge in [0.05, 0.1) is 12.6 Å². The number of thiophene rings is 1. The van der Waals surface area contributed by atoms with E-state index in [0.717, 1.165) is 37.2 Å². The highest BCUT2D eigenvalue weighted by Gasteiger charge is 2.35. The van der Waals surface area contributed by atoms with Crippen molar-refractivity contribution in [3.63, 3.8) is 0 Å². The highest BCUT2D eigenvalue weighted by Crippen LogP contribution is 2.43. The van der Waals surface area contributed by atoms with Crippen molar-refractivity contribution >= 4 is 32.3 Å². The first-order valence-electron chi connectivity index (χ1n) is 9.79. The van der Waals surface area contributed by atoms with E-state index < -0.39 is 0 Å². The van der Waals surface area contributed by atoms with Crippen molar-refractivity contribution in [3.8, 4) is 5.75 Å². The highest BCUT2D eigenvalue weighted by atomic mass is 32.1. The van der Waals surface area contributed by atoms with Gasteiger partial charge in [-0.25, -0.2) is 0 Å². The van der Waals surface area contributed by atoms with Gasteiger partial charge in [0.15, 0.2) is 0 Å². The van der Waals surface area contributed by atoms with Crippen LogP contribution in [0.15, 0.2) is 41.8 Å². The lowest BCUT2D eigenvalue weighted by molar-refractivity contribution is 0.146. The van der Waals surface area contributed by atoms with Crippen molar-refractivity contribution in [2.45, 2.75) is 39.6 Å². The van der Waals surface area contributed by atoms with E-state index in [1.54, 1.807) is 7.11 Å². The maximum atomic E-state index is 10.1. The minimum atomic E-state index is 0. The summed E-state index contributed by atoms with van der Waals surface area (Å²) in [6, 6.07) is 13.6. The summed E-state index contributed by atoms with van der Waals surface area (Å²) in [5.74, 6) is 0.872. The summed E-state index contributed by atoms with van der Waals surface area (Å²) >= 11 is 1.83. The van der Waals surface area contributed by atoms with Gasteiger partial charge in [-0.15, -0.1) is 11.3 Å². The van der Waals surface area contributed by atoms with Gasteiger partial charge in [-0.3, -0.25) is 4.90 Å². The molecule has 0 saturated heterocycles. The molecular weight excluding hydrogens is 380 g/mol. The third kappa shape index (κ3) is 2.65. The summed E-state index contributed by atoms with van der Waals surface area (Å²) in [6.45, 7) is 1.98. The van der Waals surface area contributed by atoms with Crippen LogP contribution in [0.5, 0.6) is 5.75 Å². The van der Waals surface area contributed by atoms with Crippen LogP contribution >= 0.6 is 11.3 Å². The average molecular weight is 407 g/mol. The molecule has 2 aromatic heterocycles. The topological polar surface area (TPSA) is 37.6 Å². The van der Waals surface area contributed by atoms with Gasteiger partial charge in [0.2, 0.25) is 0 Å². The number of ether oxygens (including phenoxy) is 1. The van der Waals surface area contributed by atoms with Gasteiger partial charge in [-0.05, 0) is 76.7 Å². The summed E-state index contributed by atoms with van der Waals surface area (Å²) in [5.41, 5.74) is 6.70. The zero-order valence-corrected chi connectivity index (χ0v) is 16.6. The molecule has 0 saturated carbocycles. The zero-order valence-electron chi connectivity index (χ0n) is 15.8. The number of methoxy groups -OCH3 is 1. The Morgan fingerprint density at radius 2 is 2.10 bits per heavy atom. The molecule has 4 aromatic rings. The van der Waals surface area contributed by atoms with Crippen molar-refractivity contribution in [2.24, 2.45) is 0 Å². The van der Waals surface area contributed by atoms with E-state index in [-0.39, 0.29) is 14.2 Å². The smallest absolute Gasteiger partial charge is 0.120 e. The molecule has 4 nitrogen and oxygen atoms in total. The molecule has 0 amide bonds. The summed E-state index contributed by atoms with van der Waals surface area (Å²) in [7, 11) is 1.71. The van der Waals surface area contributed by atoms with Gasteiger partial charge in [0.1, 0.15) is 12.5 Å². The minimum absolute atomic E-state index is 0. The van der Waals surface area contributed by atoms with Crippen LogP contribution in [0.4, 0.5) is 0 Å². The molecule has 0 spiro atoms. The number of nitrogens with zero attached hydrogens (tertiary/aromatic N) is 2. The monoisotopic (exact) mass is 406 g/mol. The maximum Gasteiger partial charge on any atom is 0.120 e. The number of benzene rings is 2. The van der Waals surface area contributed by atoms with Crippen molar-refractivity contribution in [1.82, 2.24) is 9.47 Å². The number of aliphatic hydroxyl groups is 1. The molecule has 1 N–H and O–H groups in total. The molecule has 150 valence electrons. The second-order valence-corrected chi connectivity index (χ2v) is 8.78. The lowest BCUT2D eigenvalue weighted by Gasteiger charge is -2.41. The van der Waals surface area contributed by atoms with Crippen LogP contribution in [0.25, 0.3) is 21.0 Å². The molecule has 0 fully saturated rings. The molecule has 0 aliphatic carbocycles. The number of hydrogen-bond donors (Lipinski definition) is 1. The quantitative estimate of drug-likeness (QED) is 0.503. The fourth-order valence-electron chi connectivity index (χ4n) is 5.18. The van der Waals surface area contributed by atoms with Gasteiger partial charge >= 0.3 is 0 Å². The standard InChI is InChI=1S/C23H22N2O2S.CH4/c1-27-16-2-3-20-18(9-16)19-10-21-17-11-23-15(5-7-28-23)8-14(17)4-6-24(21)12-22(19)25(20)13-26;/h2-3,5,7-9,11,21,26H,4,6,10,12-13H2,1H3;1H4. The number of fused-ring (bicyclic) bond motifs is 7. The number of hydrogen-bond acceptors (Lipinski definition) is 4. The van der Waals surface area contributed by atoms with E-state index in [1.807, 2.05) is 17.4 Å². The maximum absolute atomic E-state index is 10.1. The van der Waals surface area contributed by atoms with Crippen molar-refractivity contribution in [2.75, 3.05) is 13.7 Å². The Balaban J connectivity index is 0.00000181. The zero-order chi connectivity index (χ0) is 18.8. The third-order valence-corrected chi connectivity index (χ3v) is 7.45. The van der Waals surface area contributed by atoms with Gasteiger partial charge in [0.25, 0.3) is 0 Å². The Kier molecular flexibility index (Phi) is 4.42. The predicted molar refractivity (Wildman–Crippen MR) is 120 cm³/mol. The molecule has 4 heterocycles. The van der Waals surface area contributed by atoms with Crippen LogP contribution in [0.1, 0.15) is 35.9 Å². The van der Waals surface area contributed by atoms with Crippen LogP contribution in [0, 0.1) is 0 Å². The molecule has 29 heavy (non-hydrogen) atoms. The first-order chi connectivity index (χ1) is 13.8. The second-order valence-electron chi connectivity index (χ2n) is 7.83. The fourth-order valence-corrected chi connectivity index (χ4v) is 6.00. The van der Waals surface area contributed by atoms with Crippen LogP contribution in [-0.4, -0.2) is 28.2 Å². The largest absolute Gasteiger partial charge is 0.497 e. The number of aliphatic hydroxyl groups excluding tert-OH is 1. The van der Waals surface area contributed by atoms with Crippen LogP contribution in [0.2, 0.25) is 0 Å². The average Bonchev–Trinajstić information content (AvgIpc) is 3.31. The lowest BCUT2D eigenvalue weighted by atomic mass is 9.85. The Morgan fingerprint density at radius 3 is 2.93 bits per heavy atom. The molecule has 1 unspecified atom stereocenters. The minimum Gasteiger partial charge on any atom is -0.497 e. The molecule has 0 radical (unpaired) electrons. The molecular formula is C24H26N2O2S. The number of rotatable bonds is 2. The third-order valence-electron chi connectivity index (χ3n) is 6.57. The van der Waals surface area contributed by atoms with E-state index >= 15 is 0 Å². The molecule has 6 rings (SSSR count). The van der Waals surface area contributed by atoms with Crippen molar-refractivity contribution in [1.29, 1.82) is 0 Å². The molecule has 0 bridgehead atoms. The first-order valence-corrected chi connectivity index (χ1v) is 10.7. The summed E-state index contributed by atoms with van der Waals surface area (Å²) in [4.78, 5) is 2.59. The molecule has 2 aliphatic heterocycles. The van der Waals surface area contributed by atoms with E-state index in [4.69, 9.17) is 4.74 Å². The lowest BCUT2D eigenvalue weighted by Crippen LogP contribution is -2.39. The van der Waals surface area contributed by atoms with E-state index in [2.05, 4.69) is 45.2 Å². The molecule has 1 atom stereocenters. The molecule has 2 aromatic carbocycles. The van der Waals surface area contributed by atoms with E-state index in [1.165, 1.54) is 37.9 Å². The van der Waals surface area contributed by atoms with Gasteiger partial charge in [0, 0.05) is 34.9 Å². The van der Waals surface area contributed by atoms with E-state index in [0.29, 0.717) is 6.04 Å². The molecule has 5 heteroatoms. The van der Waals surface area contributed by atoms with Gasteiger partial charge in [-0.1, -0.05) is 7.43 Å². The highest BCUT2D eigenvalue weighted by molar-refractivity contribution is 7.17. The van der Waals surface area contributed by atoms with Gasteiger partial charge in [-0.2, -0.15) is 0 Å². The normalized spacial score (nSPS) is 18.2. The van der Waals surface area contributed by atoms with E-state index in [9.17, 15) is 5.11 Å².